The van der Waals surface area contributed by atoms with E-state index in [0.717, 1.165) is 56.8 Å². The fourth-order valence-electron chi connectivity index (χ4n) is 7.06. The van der Waals surface area contributed by atoms with E-state index in [1.165, 1.54) is 19.0 Å². The number of aromatic nitrogens is 2. The van der Waals surface area contributed by atoms with Gasteiger partial charge in [0.05, 0.1) is 16.9 Å². The van der Waals surface area contributed by atoms with Gasteiger partial charge in [0, 0.05) is 30.2 Å². The highest BCUT2D eigenvalue weighted by Crippen LogP contribution is 2.56. The van der Waals surface area contributed by atoms with Gasteiger partial charge < -0.3 is 20.9 Å². The third-order valence-electron chi connectivity index (χ3n) is 8.46. The Morgan fingerprint density at radius 2 is 1.94 bits per heavy atom. The number of amides is 1. The summed E-state index contributed by atoms with van der Waals surface area (Å²) in [6.07, 6.45) is 14.0. The minimum absolute atomic E-state index is 0.0864. The molecule has 0 saturated heterocycles. The number of esters is 1. The molecular formula is C27H38N4O4. The number of carbonyl (C=O) groups excluding carboxylic acids is 2. The first-order chi connectivity index (χ1) is 16.9. The fraction of sp³-hybridized carbons (Fsp3) is 0.667. The van der Waals surface area contributed by atoms with Crippen molar-refractivity contribution < 1.29 is 19.4 Å². The second-order valence-corrected chi connectivity index (χ2v) is 11.1. The maximum Gasteiger partial charge on any atom is 0.307 e. The first-order valence-electron chi connectivity index (χ1n) is 13.3. The molecule has 2 atom stereocenters. The van der Waals surface area contributed by atoms with Gasteiger partial charge in [-0.15, -0.1) is 0 Å². The highest BCUT2D eigenvalue weighted by atomic mass is 16.5. The van der Waals surface area contributed by atoms with Crippen molar-refractivity contribution in [3.05, 3.63) is 24.0 Å². The molecule has 2 aromatic rings. The second kappa shape index (κ2) is 9.80. The molecule has 4 fully saturated rings. The largest absolute Gasteiger partial charge is 0.444 e. The lowest BCUT2D eigenvalue weighted by Crippen LogP contribution is -2.59. The molecular weight excluding hydrogens is 444 g/mol. The van der Waals surface area contributed by atoms with Crippen LogP contribution in [0.4, 0.5) is 5.69 Å². The number of hydrogen-bond acceptors (Lipinski definition) is 6. The Bertz CT molecular complexity index is 1080. The van der Waals surface area contributed by atoms with Crippen molar-refractivity contribution in [3.8, 4) is 0 Å². The van der Waals surface area contributed by atoms with Gasteiger partial charge in [0.25, 0.3) is 5.91 Å². The fourth-order valence-corrected chi connectivity index (χ4v) is 7.06. The molecule has 0 radical (unpaired) electrons. The Labute approximate surface area is 206 Å². The zero-order chi connectivity index (χ0) is 24.6. The number of carbonyl (C=O) groups is 2. The van der Waals surface area contributed by atoms with Crippen LogP contribution >= 0.6 is 0 Å². The predicted molar refractivity (Wildman–Crippen MR) is 134 cm³/mol. The lowest BCUT2D eigenvalue weighted by atomic mass is 9.52. The predicted octanol–water partition coefficient (Wildman–Crippen LogP) is 4.35. The molecule has 6 rings (SSSR count). The van der Waals surface area contributed by atoms with Gasteiger partial charge in [-0.3, -0.25) is 14.2 Å². The van der Waals surface area contributed by atoms with E-state index < -0.39 is 11.5 Å². The van der Waals surface area contributed by atoms with Gasteiger partial charge in [-0.1, -0.05) is 32.6 Å². The summed E-state index contributed by atoms with van der Waals surface area (Å²) in [5, 5.41) is 15.4. The van der Waals surface area contributed by atoms with E-state index in [2.05, 4.69) is 17.2 Å². The van der Waals surface area contributed by atoms with Crippen LogP contribution in [0.25, 0.3) is 11.0 Å². The standard InChI is InChI=1S/C27H38N4O4/c1-2-3-4-5-6-7-22(32)35-16-31-9-8-20-24(21(25(28)33)15-29-26(20)31)30-23-18-10-17-11-19(23)14-27(34,12-17)13-18/h8-9,15,17-19,23,34H,2-7,10-14,16H2,1H3,(H2,28,33)(H,29,30). The summed E-state index contributed by atoms with van der Waals surface area (Å²) in [5.74, 6) is 0.644. The molecule has 35 heavy (non-hydrogen) atoms. The van der Waals surface area contributed by atoms with E-state index in [1.807, 2.05) is 12.3 Å². The van der Waals surface area contributed by atoms with Crippen LogP contribution in [-0.4, -0.2) is 38.2 Å². The molecule has 2 aromatic heterocycles. The van der Waals surface area contributed by atoms with Crippen molar-refractivity contribution >= 4 is 28.6 Å². The molecule has 8 heteroatoms. The topological polar surface area (TPSA) is 119 Å². The molecule has 4 saturated carbocycles. The number of nitrogens with one attached hydrogen (secondary N) is 1. The quantitative estimate of drug-likeness (QED) is 0.324. The highest BCUT2D eigenvalue weighted by molar-refractivity contribution is 6.06. The summed E-state index contributed by atoms with van der Waals surface area (Å²) >= 11 is 0. The van der Waals surface area contributed by atoms with Gasteiger partial charge in [0.2, 0.25) is 0 Å². The Morgan fingerprint density at radius 3 is 2.63 bits per heavy atom. The van der Waals surface area contributed by atoms with Gasteiger partial charge in [0.15, 0.2) is 6.73 Å². The SMILES string of the molecule is CCCCCCCC(=O)OCn1ccc2c(NC3C4CC5CC3CC(O)(C5)C4)c(C(N)=O)cnc21. The van der Waals surface area contributed by atoms with Crippen LogP contribution in [0.5, 0.6) is 0 Å². The Kier molecular flexibility index (Phi) is 6.75. The minimum Gasteiger partial charge on any atom is -0.444 e. The Balaban J connectivity index is 1.31. The average molecular weight is 483 g/mol. The smallest absolute Gasteiger partial charge is 0.307 e. The number of anilines is 1. The molecule has 4 bridgehead atoms. The van der Waals surface area contributed by atoms with Crippen LogP contribution in [0.3, 0.4) is 0 Å². The minimum atomic E-state index is -0.522. The average Bonchev–Trinajstić information content (AvgIpc) is 3.22. The molecule has 4 N–H and O–H groups in total. The molecule has 8 nitrogen and oxygen atoms in total. The van der Waals surface area contributed by atoms with Crippen molar-refractivity contribution in [1.29, 1.82) is 0 Å². The molecule has 190 valence electrons. The van der Waals surface area contributed by atoms with Crippen LogP contribution in [0.2, 0.25) is 0 Å². The summed E-state index contributed by atoms with van der Waals surface area (Å²) in [6.45, 7) is 2.26. The van der Waals surface area contributed by atoms with E-state index in [4.69, 9.17) is 10.5 Å². The number of fused-ring (bicyclic) bond motifs is 1. The van der Waals surface area contributed by atoms with E-state index in [1.54, 1.807) is 4.57 Å². The number of nitrogens with two attached hydrogens (primary N) is 1. The number of aliphatic hydroxyl groups is 1. The van der Waals surface area contributed by atoms with Crippen molar-refractivity contribution in [2.45, 2.75) is 95.9 Å². The van der Waals surface area contributed by atoms with Crippen molar-refractivity contribution in [2.75, 3.05) is 5.32 Å². The normalized spacial score (nSPS) is 29.0. The van der Waals surface area contributed by atoms with Crippen molar-refractivity contribution in [1.82, 2.24) is 9.55 Å². The van der Waals surface area contributed by atoms with E-state index in [-0.39, 0.29) is 18.7 Å². The zero-order valence-corrected chi connectivity index (χ0v) is 20.7. The van der Waals surface area contributed by atoms with Crippen LogP contribution in [0.15, 0.2) is 18.5 Å². The van der Waals surface area contributed by atoms with Gasteiger partial charge in [0.1, 0.15) is 5.65 Å². The maximum atomic E-state index is 12.3. The molecule has 1 amide bonds. The van der Waals surface area contributed by atoms with E-state index in [0.29, 0.717) is 41.1 Å². The maximum absolute atomic E-state index is 12.3. The molecule has 0 spiro atoms. The zero-order valence-electron chi connectivity index (χ0n) is 20.7. The highest BCUT2D eigenvalue weighted by Gasteiger charge is 2.54. The third-order valence-corrected chi connectivity index (χ3v) is 8.46. The number of nitrogens with zero attached hydrogens (tertiary/aromatic N) is 2. The number of primary amides is 1. The number of pyridine rings is 1. The Morgan fingerprint density at radius 1 is 1.20 bits per heavy atom. The molecule has 2 unspecified atom stereocenters. The lowest BCUT2D eigenvalue weighted by Gasteiger charge is -2.58. The second-order valence-electron chi connectivity index (χ2n) is 11.1. The van der Waals surface area contributed by atoms with Gasteiger partial charge in [-0.2, -0.15) is 0 Å². The van der Waals surface area contributed by atoms with Crippen LogP contribution in [0, 0.1) is 17.8 Å². The number of hydrogen-bond donors (Lipinski definition) is 3. The van der Waals surface area contributed by atoms with Gasteiger partial charge in [-0.25, -0.2) is 4.98 Å². The molecule has 0 aromatic carbocycles. The summed E-state index contributed by atoms with van der Waals surface area (Å²) in [4.78, 5) is 29.0. The molecule has 0 aliphatic heterocycles. The number of ether oxygens (including phenoxy) is 1. The summed E-state index contributed by atoms with van der Waals surface area (Å²) in [6, 6.07) is 2.10. The van der Waals surface area contributed by atoms with E-state index >= 15 is 0 Å². The van der Waals surface area contributed by atoms with Crippen LogP contribution < -0.4 is 11.1 Å². The number of unbranched alkanes of at least 4 members (excludes halogenated alkanes) is 4. The summed E-state index contributed by atoms with van der Waals surface area (Å²) in [5.41, 5.74) is 6.93. The lowest BCUT2D eigenvalue weighted by molar-refractivity contribution is -0.147. The summed E-state index contributed by atoms with van der Waals surface area (Å²) in [7, 11) is 0. The Hall–Kier alpha value is -2.61. The van der Waals surface area contributed by atoms with Crippen LogP contribution in [0.1, 0.15) is 87.9 Å². The third kappa shape index (κ3) is 4.90. The molecule has 2 heterocycles. The monoisotopic (exact) mass is 482 g/mol. The van der Waals surface area contributed by atoms with Gasteiger partial charge >= 0.3 is 5.97 Å². The van der Waals surface area contributed by atoms with Crippen molar-refractivity contribution in [3.63, 3.8) is 0 Å². The van der Waals surface area contributed by atoms with Crippen LogP contribution in [-0.2, 0) is 16.3 Å². The van der Waals surface area contributed by atoms with E-state index in [9.17, 15) is 14.7 Å². The van der Waals surface area contributed by atoms with Crippen molar-refractivity contribution in [2.24, 2.45) is 23.5 Å². The number of rotatable bonds is 11. The molecule has 4 aliphatic rings. The molecule has 4 aliphatic carbocycles. The first-order valence-corrected chi connectivity index (χ1v) is 13.3. The first kappa shape index (κ1) is 24.1. The van der Waals surface area contributed by atoms with Gasteiger partial charge in [-0.05, 0) is 62.3 Å². The summed E-state index contributed by atoms with van der Waals surface area (Å²) < 4.78 is 7.29.